The maximum absolute atomic E-state index is 12.9. The zero-order chi connectivity index (χ0) is 16.4. The van der Waals surface area contributed by atoms with Crippen LogP contribution in [0.1, 0.15) is 36.4 Å². The first-order valence-corrected chi connectivity index (χ1v) is 9.08. The molecule has 4 nitrogen and oxygen atoms in total. The highest BCUT2D eigenvalue weighted by atomic mass is 32.1. The molecule has 0 N–H and O–H groups in total. The van der Waals surface area contributed by atoms with Crippen molar-refractivity contribution in [2.45, 2.75) is 45.1 Å². The molecule has 1 amide bonds. The first-order chi connectivity index (χ1) is 10.9. The fourth-order valence-corrected chi connectivity index (χ4v) is 4.00. The van der Waals surface area contributed by atoms with Crippen LogP contribution in [0.2, 0.25) is 0 Å². The Morgan fingerprint density at radius 1 is 1.35 bits per heavy atom. The Bertz CT molecular complexity index is 555. The molecular weight excluding hydrogens is 320 g/mol. The van der Waals surface area contributed by atoms with E-state index in [9.17, 15) is 13.6 Å². The minimum Gasteiger partial charge on any atom is -0.341 e. The van der Waals surface area contributed by atoms with E-state index in [0.717, 1.165) is 43.3 Å². The second-order valence-electron chi connectivity index (χ2n) is 6.70. The van der Waals surface area contributed by atoms with Crippen LogP contribution in [0.4, 0.5) is 8.78 Å². The summed E-state index contributed by atoms with van der Waals surface area (Å²) < 4.78 is 25.7. The van der Waals surface area contributed by atoms with Gasteiger partial charge < -0.3 is 4.90 Å². The highest BCUT2D eigenvalue weighted by molar-refractivity contribution is 7.09. The quantitative estimate of drug-likeness (QED) is 0.843. The summed E-state index contributed by atoms with van der Waals surface area (Å²) in [5.74, 6) is -2.63. The fourth-order valence-electron chi connectivity index (χ4n) is 3.39. The largest absolute Gasteiger partial charge is 0.341 e. The maximum atomic E-state index is 12.9. The molecule has 2 heterocycles. The van der Waals surface area contributed by atoms with Crippen molar-refractivity contribution in [1.29, 1.82) is 0 Å². The SMILES string of the molecule is Cc1nc(CN2CCCN(C(=O)CC3CC(F)(F)C3)CC2)cs1. The molecule has 1 aromatic heterocycles. The van der Waals surface area contributed by atoms with Crippen molar-refractivity contribution in [2.75, 3.05) is 26.2 Å². The van der Waals surface area contributed by atoms with E-state index in [1.807, 2.05) is 11.8 Å². The average molecular weight is 343 g/mol. The van der Waals surface area contributed by atoms with Gasteiger partial charge in [0, 0.05) is 57.4 Å². The Kier molecular flexibility index (Phi) is 4.96. The van der Waals surface area contributed by atoms with Crippen LogP contribution in [-0.2, 0) is 11.3 Å². The van der Waals surface area contributed by atoms with Gasteiger partial charge in [0.2, 0.25) is 11.8 Å². The van der Waals surface area contributed by atoms with E-state index in [1.165, 1.54) is 0 Å². The van der Waals surface area contributed by atoms with E-state index < -0.39 is 5.92 Å². The van der Waals surface area contributed by atoms with Crippen molar-refractivity contribution in [1.82, 2.24) is 14.8 Å². The highest BCUT2D eigenvalue weighted by Gasteiger charge is 2.46. The van der Waals surface area contributed by atoms with Gasteiger partial charge in [0.25, 0.3) is 0 Å². The molecule has 1 aliphatic heterocycles. The van der Waals surface area contributed by atoms with Crippen LogP contribution in [0, 0.1) is 12.8 Å². The molecule has 2 fully saturated rings. The summed E-state index contributed by atoms with van der Waals surface area (Å²) >= 11 is 1.66. The minimum atomic E-state index is -2.54. The molecule has 0 spiro atoms. The van der Waals surface area contributed by atoms with Crippen LogP contribution in [0.5, 0.6) is 0 Å². The third-order valence-electron chi connectivity index (χ3n) is 4.63. The van der Waals surface area contributed by atoms with Crippen molar-refractivity contribution in [2.24, 2.45) is 5.92 Å². The number of hydrogen-bond donors (Lipinski definition) is 0. The van der Waals surface area contributed by atoms with Gasteiger partial charge in [0.05, 0.1) is 10.7 Å². The second-order valence-corrected chi connectivity index (χ2v) is 7.76. The Labute approximate surface area is 139 Å². The summed E-state index contributed by atoms with van der Waals surface area (Å²) in [6.07, 6.45) is 0.959. The van der Waals surface area contributed by atoms with Crippen LogP contribution in [-0.4, -0.2) is 52.8 Å². The number of carbonyl (C=O) groups is 1. The van der Waals surface area contributed by atoms with Gasteiger partial charge in [0.1, 0.15) is 0 Å². The number of carbonyl (C=O) groups excluding carboxylic acids is 1. The average Bonchev–Trinajstić information content (AvgIpc) is 2.71. The lowest BCUT2D eigenvalue weighted by molar-refractivity contribution is -0.141. The molecule has 128 valence electrons. The number of halogens is 2. The number of rotatable bonds is 4. The summed E-state index contributed by atoms with van der Waals surface area (Å²) in [6, 6.07) is 0. The highest BCUT2D eigenvalue weighted by Crippen LogP contribution is 2.44. The van der Waals surface area contributed by atoms with E-state index in [0.29, 0.717) is 6.54 Å². The van der Waals surface area contributed by atoms with Gasteiger partial charge in [-0.2, -0.15) is 0 Å². The predicted molar refractivity (Wildman–Crippen MR) is 85.6 cm³/mol. The smallest absolute Gasteiger partial charge is 0.248 e. The molecule has 0 bridgehead atoms. The maximum Gasteiger partial charge on any atom is 0.248 e. The Morgan fingerprint density at radius 3 is 2.78 bits per heavy atom. The topological polar surface area (TPSA) is 36.4 Å². The summed E-state index contributed by atoms with van der Waals surface area (Å²) in [5.41, 5.74) is 1.09. The van der Waals surface area contributed by atoms with Gasteiger partial charge in [0.15, 0.2) is 0 Å². The molecule has 7 heteroatoms. The van der Waals surface area contributed by atoms with Crippen molar-refractivity contribution in [3.8, 4) is 0 Å². The first kappa shape index (κ1) is 16.8. The molecule has 1 aliphatic carbocycles. The summed E-state index contributed by atoms with van der Waals surface area (Å²) in [4.78, 5) is 20.9. The molecule has 3 rings (SSSR count). The number of aryl methyl sites for hydroxylation is 1. The molecular formula is C16H23F2N3OS. The van der Waals surface area contributed by atoms with Gasteiger partial charge >= 0.3 is 0 Å². The van der Waals surface area contributed by atoms with Crippen LogP contribution in [0.25, 0.3) is 0 Å². The van der Waals surface area contributed by atoms with E-state index in [1.54, 1.807) is 11.3 Å². The third kappa shape index (κ3) is 4.47. The van der Waals surface area contributed by atoms with Gasteiger partial charge in [-0.15, -0.1) is 11.3 Å². The van der Waals surface area contributed by atoms with Gasteiger partial charge in [-0.3, -0.25) is 9.69 Å². The molecule has 23 heavy (non-hydrogen) atoms. The Balaban J connectivity index is 1.45. The molecule has 1 saturated carbocycles. The Hall–Kier alpha value is -1.08. The summed E-state index contributed by atoms with van der Waals surface area (Å²) in [5, 5.41) is 3.16. The van der Waals surface area contributed by atoms with Crippen LogP contribution < -0.4 is 0 Å². The van der Waals surface area contributed by atoms with Crippen LogP contribution in [0.15, 0.2) is 5.38 Å². The molecule has 2 aliphatic rings. The summed E-state index contributed by atoms with van der Waals surface area (Å²) in [6.45, 7) is 6.01. The van der Waals surface area contributed by atoms with Crippen LogP contribution in [0.3, 0.4) is 0 Å². The third-order valence-corrected chi connectivity index (χ3v) is 5.45. The molecule has 1 aromatic rings. The van der Waals surface area contributed by atoms with Crippen molar-refractivity contribution in [3.63, 3.8) is 0 Å². The number of thiazole rings is 1. The standard InChI is InChI=1S/C16H23F2N3OS/c1-12-19-14(11-23-12)10-20-3-2-4-21(6-5-20)15(22)7-13-8-16(17,18)9-13/h11,13H,2-10H2,1H3. The van der Waals surface area contributed by atoms with Crippen molar-refractivity contribution < 1.29 is 13.6 Å². The number of amides is 1. The molecule has 1 saturated heterocycles. The molecule has 0 aromatic carbocycles. The van der Waals surface area contributed by atoms with Gasteiger partial charge in [-0.05, 0) is 19.3 Å². The number of aromatic nitrogens is 1. The number of hydrogen-bond acceptors (Lipinski definition) is 4. The molecule has 0 unspecified atom stereocenters. The Morgan fingerprint density at radius 2 is 2.13 bits per heavy atom. The zero-order valence-corrected chi connectivity index (χ0v) is 14.2. The monoisotopic (exact) mass is 343 g/mol. The van der Waals surface area contributed by atoms with E-state index in [-0.39, 0.29) is 31.1 Å². The normalized spacial score (nSPS) is 22.7. The van der Waals surface area contributed by atoms with Gasteiger partial charge in [-0.1, -0.05) is 0 Å². The lowest BCUT2D eigenvalue weighted by atomic mass is 9.79. The van der Waals surface area contributed by atoms with Crippen LogP contribution >= 0.6 is 11.3 Å². The fraction of sp³-hybridized carbons (Fsp3) is 0.750. The van der Waals surface area contributed by atoms with E-state index in [2.05, 4.69) is 15.3 Å². The minimum absolute atomic E-state index is 0.0388. The zero-order valence-electron chi connectivity index (χ0n) is 13.4. The predicted octanol–water partition coefficient (Wildman–Crippen LogP) is 2.92. The number of alkyl halides is 2. The van der Waals surface area contributed by atoms with Gasteiger partial charge in [-0.25, -0.2) is 13.8 Å². The summed E-state index contributed by atoms with van der Waals surface area (Å²) in [7, 11) is 0. The lowest BCUT2D eigenvalue weighted by Crippen LogP contribution is -2.41. The van der Waals surface area contributed by atoms with E-state index in [4.69, 9.17) is 0 Å². The van der Waals surface area contributed by atoms with E-state index >= 15 is 0 Å². The van der Waals surface area contributed by atoms with Crippen molar-refractivity contribution >= 4 is 17.2 Å². The van der Waals surface area contributed by atoms with Crippen molar-refractivity contribution in [3.05, 3.63) is 16.1 Å². The first-order valence-electron chi connectivity index (χ1n) is 8.20. The molecule has 0 atom stereocenters. The number of nitrogens with zero attached hydrogens (tertiary/aromatic N) is 3. The lowest BCUT2D eigenvalue weighted by Gasteiger charge is -2.35. The second kappa shape index (κ2) is 6.81. The molecule has 0 radical (unpaired) electrons.